The van der Waals surface area contributed by atoms with Crippen molar-refractivity contribution < 1.29 is 4.74 Å². The number of aromatic nitrogens is 2. The SMILES string of the molecule is [C-]#[N+]c1nc2c(C(C)C)cc(=O)n(C)c2cc1OCCN. The van der Waals surface area contributed by atoms with E-state index < -0.39 is 0 Å². The fraction of sp³-hybridized carbons (Fsp3) is 0.400. The zero-order valence-electron chi connectivity index (χ0n) is 12.4. The summed E-state index contributed by atoms with van der Waals surface area (Å²) in [4.78, 5) is 19.9. The maximum Gasteiger partial charge on any atom is 0.312 e. The third-order valence-corrected chi connectivity index (χ3v) is 3.30. The molecule has 2 heterocycles. The number of nitrogens with zero attached hydrogens (tertiary/aromatic N) is 3. The molecule has 6 nitrogen and oxygen atoms in total. The number of hydrogen-bond donors (Lipinski definition) is 1. The normalized spacial score (nSPS) is 10.9. The quantitative estimate of drug-likeness (QED) is 0.872. The van der Waals surface area contributed by atoms with Gasteiger partial charge in [0.15, 0.2) is 5.52 Å². The van der Waals surface area contributed by atoms with Crippen LogP contribution in [0.4, 0.5) is 5.82 Å². The van der Waals surface area contributed by atoms with Crippen molar-refractivity contribution in [1.82, 2.24) is 9.55 Å². The van der Waals surface area contributed by atoms with E-state index in [0.717, 1.165) is 5.56 Å². The summed E-state index contributed by atoms with van der Waals surface area (Å²) in [6, 6.07) is 3.27. The standard InChI is InChI=1S/C15H18N4O2/c1-9(2)10-7-13(20)19(4)11-8-12(21-6-5-16)15(17-3)18-14(10)11/h7-9H,5-6,16H2,1-2,4H3. The first-order chi connectivity index (χ1) is 9.99. The second kappa shape index (κ2) is 5.94. The van der Waals surface area contributed by atoms with Gasteiger partial charge in [-0.3, -0.25) is 4.79 Å². The summed E-state index contributed by atoms with van der Waals surface area (Å²) in [5.74, 6) is 0.693. The van der Waals surface area contributed by atoms with Crippen LogP contribution in [-0.2, 0) is 7.05 Å². The topological polar surface area (TPSA) is 74.5 Å². The van der Waals surface area contributed by atoms with Gasteiger partial charge in [-0.05, 0) is 12.0 Å². The minimum absolute atomic E-state index is 0.103. The molecule has 110 valence electrons. The maximum atomic E-state index is 12.1. The van der Waals surface area contributed by atoms with Crippen molar-refractivity contribution in [2.45, 2.75) is 19.8 Å². The zero-order chi connectivity index (χ0) is 15.6. The van der Waals surface area contributed by atoms with Gasteiger partial charge in [0.25, 0.3) is 5.56 Å². The summed E-state index contributed by atoms with van der Waals surface area (Å²) in [7, 11) is 1.68. The van der Waals surface area contributed by atoms with Crippen molar-refractivity contribution >= 4 is 16.9 Å². The molecule has 0 bridgehead atoms. The molecule has 0 aromatic carbocycles. The first kappa shape index (κ1) is 15.0. The largest absolute Gasteiger partial charge is 0.501 e. The highest BCUT2D eigenvalue weighted by Crippen LogP contribution is 2.32. The van der Waals surface area contributed by atoms with Crippen molar-refractivity contribution in [3.8, 4) is 5.75 Å². The van der Waals surface area contributed by atoms with Crippen LogP contribution in [0.1, 0.15) is 25.3 Å². The van der Waals surface area contributed by atoms with E-state index in [1.54, 1.807) is 19.2 Å². The molecule has 0 saturated heterocycles. The molecule has 0 aliphatic heterocycles. The van der Waals surface area contributed by atoms with Gasteiger partial charge in [0.2, 0.25) is 0 Å². The number of hydrogen-bond acceptors (Lipinski definition) is 4. The van der Waals surface area contributed by atoms with Crippen LogP contribution < -0.4 is 16.0 Å². The molecule has 0 fully saturated rings. The minimum Gasteiger partial charge on any atom is -0.501 e. The molecule has 0 aliphatic rings. The van der Waals surface area contributed by atoms with Gasteiger partial charge in [-0.15, -0.1) is 4.98 Å². The van der Waals surface area contributed by atoms with Crippen molar-refractivity contribution in [2.75, 3.05) is 13.2 Å². The molecule has 2 aromatic heterocycles. The molecule has 2 rings (SSSR count). The van der Waals surface area contributed by atoms with Gasteiger partial charge >= 0.3 is 5.82 Å². The highest BCUT2D eigenvalue weighted by atomic mass is 16.5. The van der Waals surface area contributed by atoms with Crippen LogP contribution in [-0.4, -0.2) is 22.7 Å². The molecule has 2 aromatic rings. The third kappa shape index (κ3) is 2.73. The lowest BCUT2D eigenvalue weighted by Gasteiger charge is -2.12. The van der Waals surface area contributed by atoms with Crippen LogP contribution in [0.5, 0.6) is 5.75 Å². The van der Waals surface area contributed by atoms with Crippen molar-refractivity contribution in [3.63, 3.8) is 0 Å². The number of nitrogens with two attached hydrogens (primary N) is 1. The van der Waals surface area contributed by atoms with E-state index in [1.165, 1.54) is 4.57 Å². The summed E-state index contributed by atoms with van der Waals surface area (Å²) >= 11 is 0. The van der Waals surface area contributed by atoms with E-state index in [9.17, 15) is 4.79 Å². The van der Waals surface area contributed by atoms with Crippen molar-refractivity contribution in [1.29, 1.82) is 0 Å². The minimum atomic E-state index is -0.103. The molecule has 6 heteroatoms. The van der Waals surface area contributed by atoms with Crippen LogP contribution >= 0.6 is 0 Å². The summed E-state index contributed by atoms with van der Waals surface area (Å²) in [6.45, 7) is 11.9. The van der Waals surface area contributed by atoms with Crippen LogP contribution in [0.15, 0.2) is 16.9 Å². The van der Waals surface area contributed by atoms with Crippen LogP contribution in [0.25, 0.3) is 15.9 Å². The molecular weight excluding hydrogens is 268 g/mol. The Morgan fingerprint density at radius 1 is 1.48 bits per heavy atom. The number of pyridine rings is 2. The van der Waals surface area contributed by atoms with Gasteiger partial charge in [0.1, 0.15) is 5.75 Å². The van der Waals surface area contributed by atoms with E-state index in [1.807, 2.05) is 13.8 Å². The molecule has 0 spiro atoms. The van der Waals surface area contributed by atoms with E-state index in [2.05, 4.69) is 9.83 Å². The van der Waals surface area contributed by atoms with Gasteiger partial charge < -0.3 is 19.9 Å². The smallest absolute Gasteiger partial charge is 0.312 e. The molecule has 0 radical (unpaired) electrons. The second-order valence-electron chi connectivity index (χ2n) is 5.08. The summed E-state index contributed by atoms with van der Waals surface area (Å²) in [5, 5.41) is 0. The third-order valence-electron chi connectivity index (χ3n) is 3.30. The summed E-state index contributed by atoms with van der Waals surface area (Å²) in [6.07, 6.45) is 0. The number of rotatable bonds is 4. The Kier molecular flexibility index (Phi) is 4.24. The lowest BCUT2D eigenvalue weighted by Crippen LogP contribution is -2.18. The van der Waals surface area contributed by atoms with E-state index in [-0.39, 0.29) is 17.3 Å². The number of ether oxygens (including phenoxy) is 1. The molecule has 2 N–H and O–H groups in total. The zero-order valence-corrected chi connectivity index (χ0v) is 12.4. The van der Waals surface area contributed by atoms with E-state index in [0.29, 0.717) is 29.9 Å². The Balaban J connectivity index is 2.80. The highest BCUT2D eigenvalue weighted by molar-refractivity contribution is 5.83. The lowest BCUT2D eigenvalue weighted by molar-refractivity contribution is 0.329. The molecule has 0 aliphatic carbocycles. The Morgan fingerprint density at radius 3 is 2.76 bits per heavy atom. The van der Waals surface area contributed by atoms with Crippen molar-refractivity contribution in [3.05, 3.63) is 39.5 Å². The fourth-order valence-electron chi connectivity index (χ4n) is 2.16. The Labute approximate surface area is 123 Å². The Hall–Kier alpha value is -2.39. The molecular formula is C15H18N4O2. The second-order valence-corrected chi connectivity index (χ2v) is 5.08. The first-order valence-electron chi connectivity index (χ1n) is 6.74. The Morgan fingerprint density at radius 2 is 2.19 bits per heavy atom. The molecule has 0 atom stereocenters. The number of aryl methyl sites for hydroxylation is 1. The number of fused-ring (bicyclic) bond motifs is 1. The van der Waals surface area contributed by atoms with Crippen molar-refractivity contribution in [2.24, 2.45) is 12.8 Å². The van der Waals surface area contributed by atoms with Gasteiger partial charge in [-0.2, -0.15) is 0 Å². The average molecular weight is 286 g/mol. The van der Waals surface area contributed by atoms with Gasteiger partial charge in [-0.1, -0.05) is 20.4 Å². The lowest BCUT2D eigenvalue weighted by atomic mass is 10.0. The molecule has 0 amide bonds. The van der Waals surface area contributed by atoms with Gasteiger partial charge in [0, 0.05) is 25.2 Å². The van der Waals surface area contributed by atoms with Gasteiger partial charge in [-0.25, -0.2) is 0 Å². The van der Waals surface area contributed by atoms with E-state index >= 15 is 0 Å². The first-order valence-corrected chi connectivity index (χ1v) is 6.74. The maximum absolute atomic E-state index is 12.1. The molecule has 21 heavy (non-hydrogen) atoms. The monoisotopic (exact) mass is 286 g/mol. The molecule has 0 unspecified atom stereocenters. The summed E-state index contributed by atoms with van der Waals surface area (Å²) in [5.41, 5.74) is 7.48. The Bertz CT molecular complexity index is 772. The fourth-order valence-corrected chi connectivity index (χ4v) is 2.16. The van der Waals surface area contributed by atoms with E-state index in [4.69, 9.17) is 17.0 Å². The summed E-state index contributed by atoms with van der Waals surface area (Å²) < 4.78 is 6.98. The molecule has 0 saturated carbocycles. The van der Waals surface area contributed by atoms with Gasteiger partial charge in [0.05, 0.1) is 12.1 Å². The highest BCUT2D eigenvalue weighted by Gasteiger charge is 2.18. The average Bonchev–Trinajstić information content (AvgIpc) is 2.47. The van der Waals surface area contributed by atoms with Crippen LogP contribution in [0.3, 0.4) is 0 Å². The predicted octanol–water partition coefficient (Wildman–Crippen LogP) is 1.95. The van der Waals surface area contributed by atoms with Crippen LogP contribution in [0.2, 0.25) is 0 Å². The predicted molar refractivity (Wildman–Crippen MR) is 81.9 cm³/mol. The van der Waals surface area contributed by atoms with Crippen LogP contribution in [0, 0.1) is 6.57 Å².